The van der Waals surface area contributed by atoms with Gasteiger partial charge in [0.25, 0.3) is 0 Å². The molecule has 0 aromatic carbocycles. The Morgan fingerprint density at radius 3 is 2.71 bits per heavy atom. The summed E-state index contributed by atoms with van der Waals surface area (Å²) in [6.45, 7) is 5.82. The van der Waals surface area contributed by atoms with Crippen molar-refractivity contribution < 1.29 is 9.53 Å². The first-order valence-electron chi connectivity index (χ1n) is 5.25. The lowest BCUT2D eigenvalue weighted by atomic mass is 10.3. The highest BCUT2D eigenvalue weighted by Gasteiger charge is 2.00. The summed E-state index contributed by atoms with van der Waals surface area (Å²) in [4.78, 5) is 11.2. The summed E-state index contributed by atoms with van der Waals surface area (Å²) in [6, 6.07) is 0. The fraction of sp³-hybridized carbons (Fsp3) is 0.900. The molecule has 0 bridgehead atoms. The number of unbranched alkanes of at least 4 members (excludes halogenated alkanes) is 1. The van der Waals surface area contributed by atoms with Gasteiger partial charge in [0.05, 0.1) is 12.7 Å². The first-order chi connectivity index (χ1) is 6.66. The van der Waals surface area contributed by atoms with Gasteiger partial charge in [-0.3, -0.25) is 4.79 Å². The van der Waals surface area contributed by atoms with E-state index in [1.165, 1.54) is 0 Å². The average Bonchev–Trinajstić information content (AvgIpc) is 2.12. The van der Waals surface area contributed by atoms with E-state index in [0.29, 0.717) is 19.6 Å². The van der Waals surface area contributed by atoms with Gasteiger partial charge in [-0.2, -0.15) is 0 Å². The molecule has 84 valence electrons. The van der Waals surface area contributed by atoms with Crippen LogP contribution in [0, 0.1) is 0 Å². The van der Waals surface area contributed by atoms with Crippen LogP contribution in [0.1, 0.15) is 33.1 Å². The Labute approximate surface area is 86.2 Å². The maximum Gasteiger partial charge on any atom is 0.222 e. The molecule has 0 saturated carbocycles. The minimum absolute atomic E-state index is 0.0580. The number of carbonyl (C=O) groups excluding carboxylic acids is 1. The van der Waals surface area contributed by atoms with Gasteiger partial charge >= 0.3 is 0 Å². The van der Waals surface area contributed by atoms with Gasteiger partial charge in [0.2, 0.25) is 5.91 Å². The van der Waals surface area contributed by atoms with Crippen molar-refractivity contribution >= 4 is 5.91 Å². The van der Waals surface area contributed by atoms with Gasteiger partial charge in [-0.15, -0.1) is 0 Å². The summed E-state index contributed by atoms with van der Waals surface area (Å²) in [6.07, 6.45) is 2.55. The van der Waals surface area contributed by atoms with Crippen molar-refractivity contribution in [2.75, 3.05) is 19.7 Å². The normalized spacial score (nSPS) is 10.6. The van der Waals surface area contributed by atoms with E-state index in [0.717, 1.165) is 19.4 Å². The molecule has 0 aliphatic rings. The number of nitrogens with two attached hydrogens (primary N) is 1. The standard InChI is InChI=1S/C10H22N2O2/c1-9(2)14-8-5-10(13)12-7-4-3-6-11/h9H,3-8,11H2,1-2H3,(H,12,13). The average molecular weight is 202 g/mol. The molecule has 0 spiro atoms. The topological polar surface area (TPSA) is 64.3 Å². The van der Waals surface area contributed by atoms with Crippen LogP contribution in [0.2, 0.25) is 0 Å². The van der Waals surface area contributed by atoms with Crippen molar-refractivity contribution in [3.8, 4) is 0 Å². The Morgan fingerprint density at radius 1 is 1.43 bits per heavy atom. The summed E-state index contributed by atoms with van der Waals surface area (Å²) in [5.74, 6) is 0.0580. The molecule has 0 radical (unpaired) electrons. The predicted octanol–water partition coefficient (Wildman–Crippen LogP) is 0.657. The van der Waals surface area contributed by atoms with Gasteiger partial charge in [0, 0.05) is 13.0 Å². The first kappa shape index (κ1) is 13.4. The SMILES string of the molecule is CC(C)OCCC(=O)NCCCCN. The van der Waals surface area contributed by atoms with Crippen LogP contribution in [0.25, 0.3) is 0 Å². The molecular weight excluding hydrogens is 180 g/mol. The maximum absolute atomic E-state index is 11.2. The van der Waals surface area contributed by atoms with Crippen molar-refractivity contribution in [3.05, 3.63) is 0 Å². The number of ether oxygens (including phenoxy) is 1. The molecule has 0 aromatic rings. The van der Waals surface area contributed by atoms with E-state index in [1.807, 2.05) is 13.8 Å². The summed E-state index contributed by atoms with van der Waals surface area (Å²) in [7, 11) is 0. The van der Waals surface area contributed by atoms with Gasteiger partial charge in [0.1, 0.15) is 0 Å². The lowest BCUT2D eigenvalue weighted by Gasteiger charge is -2.07. The van der Waals surface area contributed by atoms with E-state index < -0.39 is 0 Å². The summed E-state index contributed by atoms with van der Waals surface area (Å²) in [5, 5.41) is 2.82. The van der Waals surface area contributed by atoms with Crippen LogP contribution in [0.5, 0.6) is 0 Å². The fourth-order valence-electron chi connectivity index (χ4n) is 0.973. The second-order valence-corrected chi connectivity index (χ2v) is 3.52. The first-order valence-corrected chi connectivity index (χ1v) is 5.25. The highest BCUT2D eigenvalue weighted by molar-refractivity contribution is 5.75. The number of hydrogen-bond donors (Lipinski definition) is 2. The number of nitrogens with one attached hydrogen (secondary N) is 1. The third kappa shape index (κ3) is 9.48. The third-order valence-electron chi connectivity index (χ3n) is 1.73. The zero-order chi connectivity index (χ0) is 10.8. The monoisotopic (exact) mass is 202 g/mol. The molecule has 14 heavy (non-hydrogen) atoms. The Kier molecular flexibility index (Phi) is 8.57. The number of amides is 1. The molecule has 0 aliphatic carbocycles. The highest BCUT2D eigenvalue weighted by atomic mass is 16.5. The number of rotatable bonds is 8. The lowest BCUT2D eigenvalue weighted by molar-refractivity contribution is -0.122. The van der Waals surface area contributed by atoms with E-state index in [1.54, 1.807) is 0 Å². The Morgan fingerprint density at radius 2 is 2.14 bits per heavy atom. The summed E-state index contributed by atoms with van der Waals surface area (Å²) in [5.41, 5.74) is 5.33. The summed E-state index contributed by atoms with van der Waals surface area (Å²) >= 11 is 0. The molecule has 0 aromatic heterocycles. The Bertz CT molecular complexity index is 149. The van der Waals surface area contributed by atoms with E-state index in [2.05, 4.69) is 5.32 Å². The molecule has 0 aliphatic heterocycles. The van der Waals surface area contributed by atoms with Crippen LogP contribution >= 0.6 is 0 Å². The molecule has 0 atom stereocenters. The Balaban J connectivity index is 3.20. The molecule has 0 saturated heterocycles. The largest absolute Gasteiger partial charge is 0.378 e. The summed E-state index contributed by atoms with van der Waals surface area (Å²) < 4.78 is 5.26. The second-order valence-electron chi connectivity index (χ2n) is 3.52. The number of hydrogen-bond acceptors (Lipinski definition) is 3. The second kappa shape index (κ2) is 8.97. The van der Waals surface area contributed by atoms with Crippen LogP contribution in [0.4, 0.5) is 0 Å². The van der Waals surface area contributed by atoms with Crippen LogP contribution in [-0.4, -0.2) is 31.7 Å². The van der Waals surface area contributed by atoms with Crippen LogP contribution < -0.4 is 11.1 Å². The van der Waals surface area contributed by atoms with E-state index in [-0.39, 0.29) is 12.0 Å². The van der Waals surface area contributed by atoms with Gasteiger partial charge in [-0.05, 0) is 33.2 Å². The minimum Gasteiger partial charge on any atom is -0.378 e. The van der Waals surface area contributed by atoms with E-state index >= 15 is 0 Å². The number of carbonyl (C=O) groups is 1. The zero-order valence-electron chi connectivity index (χ0n) is 9.21. The van der Waals surface area contributed by atoms with E-state index in [9.17, 15) is 4.79 Å². The molecule has 0 fully saturated rings. The predicted molar refractivity (Wildman–Crippen MR) is 57.0 cm³/mol. The molecule has 4 nitrogen and oxygen atoms in total. The van der Waals surface area contributed by atoms with E-state index in [4.69, 9.17) is 10.5 Å². The van der Waals surface area contributed by atoms with Gasteiger partial charge in [-0.1, -0.05) is 0 Å². The minimum atomic E-state index is 0.0580. The van der Waals surface area contributed by atoms with Crippen molar-refractivity contribution in [2.24, 2.45) is 5.73 Å². The van der Waals surface area contributed by atoms with Crippen molar-refractivity contribution in [1.82, 2.24) is 5.32 Å². The van der Waals surface area contributed by atoms with Crippen molar-refractivity contribution in [1.29, 1.82) is 0 Å². The third-order valence-corrected chi connectivity index (χ3v) is 1.73. The van der Waals surface area contributed by atoms with Crippen LogP contribution in [0.3, 0.4) is 0 Å². The van der Waals surface area contributed by atoms with Gasteiger partial charge in [0.15, 0.2) is 0 Å². The quantitative estimate of drug-likeness (QED) is 0.568. The fourth-order valence-corrected chi connectivity index (χ4v) is 0.973. The highest BCUT2D eigenvalue weighted by Crippen LogP contribution is 1.90. The van der Waals surface area contributed by atoms with Gasteiger partial charge < -0.3 is 15.8 Å². The van der Waals surface area contributed by atoms with Crippen molar-refractivity contribution in [3.63, 3.8) is 0 Å². The van der Waals surface area contributed by atoms with Gasteiger partial charge in [-0.25, -0.2) is 0 Å². The molecule has 4 heteroatoms. The Hall–Kier alpha value is -0.610. The molecule has 0 rings (SSSR count). The molecule has 0 unspecified atom stereocenters. The lowest BCUT2D eigenvalue weighted by Crippen LogP contribution is -2.26. The van der Waals surface area contributed by atoms with Crippen LogP contribution in [-0.2, 0) is 9.53 Å². The molecule has 0 heterocycles. The zero-order valence-corrected chi connectivity index (χ0v) is 9.21. The molecule has 3 N–H and O–H groups in total. The van der Waals surface area contributed by atoms with Crippen LogP contribution in [0.15, 0.2) is 0 Å². The molecular formula is C10H22N2O2. The maximum atomic E-state index is 11.2. The smallest absolute Gasteiger partial charge is 0.222 e. The van der Waals surface area contributed by atoms with Crippen molar-refractivity contribution in [2.45, 2.75) is 39.2 Å². The molecule has 1 amide bonds.